The molecule has 0 radical (unpaired) electrons. The van der Waals surface area contributed by atoms with Gasteiger partial charge in [0.15, 0.2) is 0 Å². The average Bonchev–Trinajstić information content (AvgIpc) is 2.96. The summed E-state index contributed by atoms with van der Waals surface area (Å²) in [6.07, 6.45) is 1.04. The summed E-state index contributed by atoms with van der Waals surface area (Å²) in [4.78, 5) is 16.4. The van der Waals surface area contributed by atoms with Gasteiger partial charge in [-0.05, 0) is 31.2 Å². The number of rotatable bonds is 6. The first kappa shape index (κ1) is 16.5. The van der Waals surface area contributed by atoms with Crippen LogP contribution in [0.1, 0.15) is 40.4 Å². The lowest BCUT2D eigenvalue weighted by Crippen LogP contribution is -2.29. The number of carbonyl (C=O) groups excluding carboxylic acids is 1. The summed E-state index contributed by atoms with van der Waals surface area (Å²) >= 11 is 1.35. The number of nitrogens with one attached hydrogen (secondary N) is 1. The molecule has 0 saturated carbocycles. The molecule has 0 fully saturated rings. The van der Waals surface area contributed by atoms with E-state index in [1.807, 2.05) is 0 Å². The summed E-state index contributed by atoms with van der Waals surface area (Å²) in [6, 6.07) is 2.60. The summed E-state index contributed by atoms with van der Waals surface area (Å²) in [5, 5.41) is 5.10. The summed E-state index contributed by atoms with van der Waals surface area (Å²) in [5.41, 5.74) is 5.84. The third kappa shape index (κ3) is 3.86. The Morgan fingerprint density at radius 3 is 2.91 bits per heavy atom. The van der Waals surface area contributed by atoms with Crippen molar-refractivity contribution in [1.29, 1.82) is 0 Å². The number of nitrogens with zero attached hydrogens (tertiary/aromatic N) is 1. The number of thiazole rings is 1. The molecule has 0 aliphatic carbocycles. The van der Waals surface area contributed by atoms with Gasteiger partial charge in [0.2, 0.25) is 0 Å². The van der Waals surface area contributed by atoms with E-state index >= 15 is 0 Å². The quantitative estimate of drug-likeness (QED) is 0.858. The first-order chi connectivity index (χ1) is 10.5. The number of hydrogen-bond donors (Lipinski definition) is 2. The molecule has 22 heavy (non-hydrogen) atoms. The highest BCUT2D eigenvalue weighted by Gasteiger charge is 2.19. The summed E-state index contributed by atoms with van der Waals surface area (Å²) < 4.78 is 27.1. The smallest absolute Gasteiger partial charge is 0.271 e. The maximum Gasteiger partial charge on any atom is 0.271 e. The molecule has 0 aliphatic rings. The fourth-order valence-corrected chi connectivity index (χ4v) is 2.86. The maximum absolute atomic E-state index is 13.8. The second-order valence-electron chi connectivity index (χ2n) is 4.77. The zero-order valence-electron chi connectivity index (χ0n) is 12.1. The van der Waals surface area contributed by atoms with Gasteiger partial charge < -0.3 is 11.1 Å². The van der Waals surface area contributed by atoms with Gasteiger partial charge in [-0.1, -0.05) is 6.92 Å². The van der Waals surface area contributed by atoms with E-state index < -0.39 is 23.6 Å². The van der Waals surface area contributed by atoms with Crippen molar-refractivity contribution in [3.05, 3.63) is 51.5 Å². The minimum atomic E-state index is -0.608. The van der Waals surface area contributed by atoms with Crippen LogP contribution in [0.2, 0.25) is 0 Å². The molecule has 2 rings (SSSR count). The zero-order valence-corrected chi connectivity index (χ0v) is 12.9. The number of hydrogen-bond acceptors (Lipinski definition) is 4. The Hall–Kier alpha value is -1.86. The molecule has 1 unspecified atom stereocenters. The second-order valence-corrected chi connectivity index (χ2v) is 5.71. The van der Waals surface area contributed by atoms with Crippen LogP contribution < -0.4 is 11.1 Å². The van der Waals surface area contributed by atoms with Crippen LogP contribution in [0, 0.1) is 11.6 Å². The third-order valence-corrected chi connectivity index (χ3v) is 4.10. The summed E-state index contributed by atoms with van der Waals surface area (Å²) in [5.74, 6) is -1.49. The van der Waals surface area contributed by atoms with E-state index in [9.17, 15) is 13.6 Å². The second kappa shape index (κ2) is 7.42. The van der Waals surface area contributed by atoms with Gasteiger partial charge in [-0.25, -0.2) is 13.8 Å². The zero-order chi connectivity index (χ0) is 16.1. The minimum absolute atomic E-state index is 0.133. The van der Waals surface area contributed by atoms with E-state index in [1.54, 1.807) is 12.3 Å². The molecule has 1 aromatic heterocycles. The van der Waals surface area contributed by atoms with Crippen molar-refractivity contribution in [2.45, 2.75) is 25.8 Å². The predicted molar refractivity (Wildman–Crippen MR) is 81.7 cm³/mol. The Balaban J connectivity index is 2.15. The van der Waals surface area contributed by atoms with Crippen LogP contribution in [0.4, 0.5) is 8.78 Å². The maximum atomic E-state index is 13.8. The number of nitrogens with two attached hydrogens (primary N) is 1. The Labute approximate surface area is 131 Å². The fraction of sp³-hybridized carbons (Fsp3) is 0.333. The van der Waals surface area contributed by atoms with Crippen molar-refractivity contribution in [1.82, 2.24) is 10.3 Å². The molecule has 1 amide bonds. The lowest BCUT2D eigenvalue weighted by Gasteiger charge is -2.17. The van der Waals surface area contributed by atoms with Crippen molar-refractivity contribution in [2.24, 2.45) is 5.73 Å². The highest BCUT2D eigenvalue weighted by Crippen LogP contribution is 2.22. The molecule has 1 atom stereocenters. The van der Waals surface area contributed by atoms with Gasteiger partial charge in [-0.15, -0.1) is 11.3 Å². The van der Waals surface area contributed by atoms with E-state index in [0.29, 0.717) is 19.4 Å². The van der Waals surface area contributed by atoms with Crippen LogP contribution >= 0.6 is 11.3 Å². The molecular weight excluding hydrogens is 308 g/mol. The molecular formula is C15H17F2N3OS. The number of aromatic nitrogens is 1. The standard InChI is InChI=1S/C15H17F2N3OS/c1-2-12(10-7-9(16)3-4-11(10)17)20-15(21)13-8-22-14(19-13)5-6-18/h3-4,7-8,12H,2,5-6,18H2,1H3,(H,20,21). The molecule has 3 N–H and O–H groups in total. The first-order valence-electron chi connectivity index (χ1n) is 6.95. The van der Waals surface area contributed by atoms with E-state index in [0.717, 1.165) is 23.2 Å². The van der Waals surface area contributed by atoms with E-state index in [4.69, 9.17) is 5.73 Å². The van der Waals surface area contributed by atoms with Gasteiger partial charge in [0.05, 0.1) is 11.0 Å². The number of benzene rings is 1. The molecule has 0 spiro atoms. The number of halogens is 2. The van der Waals surface area contributed by atoms with Gasteiger partial charge in [-0.3, -0.25) is 4.79 Å². The SMILES string of the molecule is CCC(NC(=O)c1csc(CCN)n1)c1cc(F)ccc1F. The summed E-state index contributed by atoms with van der Waals surface area (Å²) in [6.45, 7) is 2.25. The summed E-state index contributed by atoms with van der Waals surface area (Å²) in [7, 11) is 0. The van der Waals surface area contributed by atoms with Gasteiger partial charge in [-0.2, -0.15) is 0 Å². The molecule has 4 nitrogen and oxygen atoms in total. The van der Waals surface area contributed by atoms with Crippen LogP contribution in [0.15, 0.2) is 23.6 Å². The lowest BCUT2D eigenvalue weighted by molar-refractivity contribution is 0.0930. The Bertz CT molecular complexity index is 660. The van der Waals surface area contributed by atoms with Crippen molar-refractivity contribution in [3.63, 3.8) is 0 Å². The molecule has 1 aromatic carbocycles. The Morgan fingerprint density at radius 1 is 1.45 bits per heavy atom. The molecule has 2 aromatic rings. The van der Waals surface area contributed by atoms with Gasteiger partial charge in [0.1, 0.15) is 17.3 Å². The highest BCUT2D eigenvalue weighted by atomic mass is 32.1. The lowest BCUT2D eigenvalue weighted by atomic mass is 10.0. The number of amides is 1. The van der Waals surface area contributed by atoms with Crippen molar-refractivity contribution in [3.8, 4) is 0 Å². The normalized spacial score (nSPS) is 12.2. The molecule has 0 aliphatic heterocycles. The molecule has 1 heterocycles. The van der Waals surface area contributed by atoms with E-state index in [2.05, 4.69) is 10.3 Å². The first-order valence-corrected chi connectivity index (χ1v) is 7.83. The van der Waals surface area contributed by atoms with Crippen molar-refractivity contribution >= 4 is 17.2 Å². The topological polar surface area (TPSA) is 68.0 Å². The minimum Gasteiger partial charge on any atom is -0.344 e. The molecule has 7 heteroatoms. The fourth-order valence-electron chi connectivity index (χ4n) is 2.07. The predicted octanol–water partition coefficient (Wildman–Crippen LogP) is 2.80. The van der Waals surface area contributed by atoms with E-state index in [1.165, 1.54) is 11.3 Å². The Kier molecular flexibility index (Phi) is 5.57. The van der Waals surface area contributed by atoms with Gasteiger partial charge >= 0.3 is 0 Å². The largest absolute Gasteiger partial charge is 0.344 e. The Morgan fingerprint density at radius 2 is 2.23 bits per heavy atom. The van der Waals surface area contributed by atoms with Crippen molar-refractivity contribution < 1.29 is 13.6 Å². The number of carbonyl (C=O) groups is 1. The van der Waals surface area contributed by atoms with E-state index in [-0.39, 0.29) is 11.3 Å². The van der Waals surface area contributed by atoms with Gasteiger partial charge in [0.25, 0.3) is 5.91 Å². The van der Waals surface area contributed by atoms with Gasteiger partial charge in [0, 0.05) is 17.4 Å². The third-order valence-electron chi connectivity index (χ3n) is 3.19. The van der Waals surface area contributed by atoms with Crippen LogP contribution in [-0.2, 0) is 6.42 Å². The van der Waals surface area contributed by atoms with Crippen LogP contribution in [0.5, 0.6) is 0 Å². The molecule has 0 bridgehead atoms. The highest BCUT2D eigenvalue weighted by molar-refractivity contribution is 7.09. The van der Waals surface area contributed by atoms with Crippen LogP contribution in [0.3, 0.4) is 0 Å². The average molecular weight is 325 g/mol. The van der Waals surface area contributed by atoms with Crippen LogP contribution in [0.25, 0.3) is 0 Å². The molecule has 118 valence electrons. The van der Waals surface area contributed by atoms with Crippen molar-refractivity contribution in [2.75, 3.05) is 6.54 Å². The monoisotopic (exact) mass is 325 g/mol. The van der Waals surface area contributed by atoms with Crippen LogP contribution in [-0.4, -0.2) is 17.4 Å². The molecule has 0 saturated heterocycles.